The van der Waals surface area contributed by atoms with Crippen molar-refractivity contribution in [3.05, 3.63) is 12.2 Å². The summed E-state index contributed by atoms with van der Waals surface area (Å²) in [5, 5.41) is 0. The van der Waals surface area contributed by atoms with Gasteiger partial charge in [-0.3, -0.25) is 4.90 Å². The number of rotatable bonds is 4. The average Bonchev–Trinajstić information content (AvgIpc) is 2.20. The van der Waals surface area contributed by atoms with Crippen LogP contribution in [0.3, 0.4) is 0 Å². The van der Waals surface area contributed by atoms with Gasteiger partial charge < -0.3 is 4.74 Å². The minimum absolute atomic E-state index is 0.612. The topological polar surface area (TPSA) is 12.5 Å². The second-order valence-electron chi connectivity index (χ2n) is 4.25. The Kier molecular flexibility index (Phi) is 5.20. The Hall–Kier alpha value is -0.340. The highest BCUT2D eigenvalue weighted by molar-refractivity contribution is 4.95. The van der Waals surface area contributed by atoms with Gasteiger partial charge in [-0.25, -0.2) is 0 Å². The van der Waals surface area contributed by atoms with E-state index in [1.807, 2.05) is 0 Å². The van der Waals surface area contributed by atoms with E-state index in [0.29, 0.717) is 12.0 Å². The van der Waals surface area contributed by atoms with Crippen LogP contribution in [0.4, 0.5) is 0 Å². The third-order valence-electron chi connectivity index (χ3n) is 2.65. The number of ether oxygens (including phenoxy) is 1. The number of hydrogen-bond acceptors (Lipinski definition) is 2. The van der Waals surface area contributed by atoms with Crippen LogP contribution in [0.5, 0.6) is 0 Å². The van der Waals surface area contributed by atoms with Gasteiger partial charge in [0.2, 0.25) is 0 Å². The van der Waals surface area contributed by atoms with E-state index < -0.39 is 0 Å². The molecular weight excluding hydrogens is 174 g/mol. The smallest absolute Gasteiger partial charge is 0.0594 e. The summed E-state index contributed by atoms with van der Waals surface area (Å²) in [6.07, 6.45) is 5.86. The number of hydrogen-bond donors (Lipinski definition) is 0. The standard InChI is InChI=1S/C12H23NO/c1-4-12(6-5-11(2)3)13-7-9-14-10-8-13/h5-6,11-12H,4,7-10H2,1-3H3/b6-5+. The summed E-state index contributed by atoms with van der Waals surface area (Å²) in [5.74, 6) is 0.657. The molecule has 1 saturated heterocycles. The lowest BCUT2D eigenvalue weighted by Crippen LogP contribution is -2.42. The molecule has 0 aromatic carbocycles. The maximum absolute atomic E-state index is 5.35. The van der Waals surface area contributed by atoms with E-state index in [4.69, 9.17) is 4.74 Å². The molecule has 0 saturated carbocycles. The predicted molar refractivity (Wildman–Crippen MR) is 60.4 cm³/mol. The van der Waals surface area contributed by atoms with Crippen molar-refractivity contribution in [3.63, 3.8) is 0 Å². The summed E-state index contributed by atoms with van der Waals surface area (Å²) in [4.78, 5) is 2.52. The van der Waals surface area contributed by atoms with Crippen molar-refractivity contribution < 1.29 is 4.74 Å². The molecule has 0 N–H and O–H groups in total. The van der Waals surface area contributed by atoms with E-state index in [2.05, 4.69) is 37.8 Å². The van der Waals surface area contributed by atoms with Gasteiger partial charge in [0.25, 0.3) is 0 Å². The minimum Gasteiger partial charge on any atom is -0.379 e. The molecule has 0 aliphatic carbocycles. The summed E-state index contributed by atoms with van der Waals surface area (Å²) >= 11 is 0. The van der Waals surface area contributed by atoms with E-state index >= 15 is 0 Å². The molecule has 0 aromatic rings. The second-order valence-corrected chi connectivity index (χ2v) is 4.25. The largest absolute Gasteiger partial charge is 0.379 e. The van der Waals surface area contributed by atoms with Gasteiger partial charge in [-0.15, -0.1) is 0 Å². The summed E-state index contributed by atoms with van der Waals surface area (Å²) in [6.45, 7) is 10.7. The van der Waals surface area contributed by atoms with Crippen LogP contribution in [-0.4, -0.2) is 37.2 Å². The van der Waals surface area contributed by atoms with Crippen molar-refractivity contribution in [3.8, 4) is 0 Å². The maximum Gasteiger partial charge on any atom is 0.0594 e. The van der Waals surface area contributed by atoms with Gasteiger partial charge in [-0.2, -0.15) is 0 Å². The molecule has 0 radical (unpaired) electrons. The van der Waals surface area contributed by atoms with Crippen LogP contribution < -0.4 is 0 Å². The second kappa shape index (κ2) is 6.20. The quantitative estimate of drug-likeness (QED) is 0.641. The molecule has 0 spiro atoms. The molecule has 1 aliphatic rings. The molecule has 2 heteroatoms. The van der Waals surface area contributed by atoms with Gasteiger partial charge >= 0.3 is 0 Å². The summed E-state index contributed by atoms with van der Waals surface area (Å²) in [6, 6.07) is 0.612. The fourth-order valence-electron chi connectivity index (χ4n) is 1.78. The third kappa shape index (κ3) is 3.81. The van der Waals surface area contributed by atoms with Crippen LogP contribution in [0.15, 0.2) is 12.2 Å². The Morgan fingerprint density at radius 2 is 1.86 bits per heavy atom. The third-order valence-corrected chi connectivity index (χ3v) is 2.65. The summed E-state index contributed by atoms with van der Waals surface area (Å²) < 4.78 is 5.35. The van der Waals surface area contributed by atoms with Crippen LogP contribution in [0.25, 0.3) is 0 Å². The highest BCUT2D eigenvalue weighted by Gasteiger charge is 2.16. The molecule has 0 amide bonds. The molecule has 1 rings (SSSR count). The first-order valence-corrected chi connectivity index (χ1v) is 5.74. The summed E-state index contributed by atoms with van der Waals surface area (Å²) in [5.41, 5.74) is 0. The van der Waals surface area contributed by atoms with Crippen molar-refractivity contribution in [2.24, 2.45) is 5.92 Å². The Morgan fingerprint density at radius 1 is 1.21 bits per heavy atom. The van der Waals surface area contributed by atoms with Gasteiger partial charge in [0.15, 0.2) is 0 Å². The molecule has 1 unspecified atom stereocenters. The fraction of sp³-hybridized carbons (Fsp3) is 0.833. The Labute approximate surface area is 87.9 Å². The van der Waals surface area contributed by atoms with Crippen molar-refractivity contribution in [2.75, 3.05) is 26.3 Å². The average molecular weight is 197 g/mol. The van der Waals surface area contributed by atoms with Gasteiger partial charge in [-0.1, -0.05) is 32.9 Å². The van der Waals surface area contributed by atoms with Gasteiger partial charge in [0.1, 0.15) is 0 Å². The molecule has 1 heterocycles. The molecule has 2 nitrogen and oxygen atoms in total. The first kappa shape index (κ1) is 11.7. The fourth-order valence-corrected chi connectivity index (χ4v) is 1.78. The van der Waals surface area contributed by atoms with Crippen LogP contribution in [0.2, 0.25) is 0 Å². The SMILES string of the molecule is CCC(/C=C/C(C)C)N1CCOCC1. The molecule has 1 atom stereocenters. The van der Waals surface area contributed by atoms with Gasteiger partial charge in [-0.05, 0) is 12.3 Å². The van der Waals surface area contributed by atoms with E-state index in [9.17, 15) is 0 Å². The lowest BCUT2D eigenvalue weighted by atomic mass is 10.1. The van der Waals surface area contributed by atoms with Crippen molar-refractivity contribution in [1.29, 1.82) is 0 Å². The maximum atomic E-state index is 5.35. The molecular formula is C12H23NO. The molecule has 1 fully saturated rings. The first-order valence-electron chi connectivity index (χ1n) is 5.74. The number of allylic oxidation sites excluding steroid dienone is 1. The highest BCUT2D eigenvalue weighted by Crippen LogP contribution is 2.10. The molecule has 14 heavy (non-hydrogen) atoms. The van der Waals surface area contributed by atoms with Crippen molar-refractivity contribution in [2.45, 2.75) is 33.2 Å². The Morgan fingerprint density at radius 3 is 2.36 bits per heavy atom. The zero-order valence-corrected chi connectivity index (χ0v) is 9.70. The van der Waals surface area contributed by atoms with Crippen molar-refractivity contribution >= 4 is 0 Å². The summed E-state index contributed by atoms with van der Waals surface area (Å²) in [7, 11) is 0. The minimum atomic E-state index is 0.612. The van der Waals surface area contributed by atoms with Crippen LogP contribution >= 0.6 is 0 Å². The van der Waals surface area contributed by atoms with E-state index in [-0.39, 0.29) is 0 Å². The van der Waals surface area contributed by atoms with E-state index in [1.165, 1.54) is 6.42 Å². The molecule has 1 aliphatic heterocycles. The molecule has 0 bridgehead atoms. The first-order chi connectivity index (χ1) is 6.74. The van der Waals surface area contributed by atoms with Crippen LogP contribution in [0, 0.1) is 5.92 Å². The zero-order chi connectivity index (χ0) is 10.4. The zero-order valence-electron chi connectivity index (χ0n) is 9.70. The molecule has 0 aromatic heterocycles. The predicted octanol–water partition coefficient (Wildman–Crippen LogP) is 2.31. The monoisotopic (exact) mass is 197 g/mol. The van der Waals surface area contributed by atoms with Gasteiger partial charge in [0, 0.05) is 19.1 Å². The lowest BCUT2D eigenvalue weighted by Gasteiger charge is -2.32. The van der Waals surface area contributed by atoms with E-state index in [1.54, 1.807) is 0 Å². The highest BCUT2D eigenvalue weighted by atomic mass is 16.5. The normalized spacial score (nSPS) is 22.0. The Balaban J connectivity index is 2.43. The van der Waals surface area contributed by atoms with Gasteiger partial charge in [0.05, 0.1) is 13.2 Å². The number of morpholine rings is 1. The van der Waals surface area contributed by atoms with Crippen molar-refractivity contribution in [1.82, 2.24) is 4.90 Å². The van der Waals surface area contributed by atoms with Crippen LogP contribution in [-0.2, 0) is 4.74 Å². The number of nitrogens with zero attached hydrogens (tertiary/aromatic N) is 1. The lowest BCUT2D eigenvalue weighted by molar-refractivity contribution is 0.0249. The molecule has 82 valence electrons. The van der Waals surface area contributed by atoms with E-state index in [0.717, 1.165) is 26.3 Å². The van der Waals surface area contributed by atoms with Crippen LogP contribution in [0.1, 0.15) is 27.2 Å². The Bertz CT molecular complexity index is 171.